The van der Waals surface area contributed by atoms with E-state index in [1.807, 2.05) is 6.07 Å². The standard InChI is InChI=1S/C23H21ClN2O5S/c24-18-10-21(31-20-6-4-13-7-17(13)20)19(8-15(18)11-25)26-32(29,30)22-9-14(23(27)28)3-5-16(22)12-1-2-12/h3,5,8-10,12-13,17,20,26H,1-2,4,6-7H2,(H,27,28)/t13?,17?,20-/m1/s1. The number of nitrogens with one attached hydrogen (secondary N) is 1. The van der Waals surface area contributed by atoms with Crippen molar-refractivity contribution in [2.45, 2.75) is 49.0 Å². The van der Waals surface area contributed by atoms with Gasteiger partial charge in [-0.3, -0.25) is 4.72 Å². The SMILES string of the molecule is N#Cc1cc(NS(=O)(=O)c2cc(C(=O)O)ccc2C2CC2)c(O[C@@H]2CCC3CC32)cc1Cl. The van der Waals surface area contributed by atoms with E-state index in [-0.39, 0.29) is 44.5 Å². The number of carbonyl (C=O) groups is 1. The predicted molar refractivity (Wildman–Crippen MR) is 118 cm³/mol. The van der Waals surface area contributed by atoms with Crippen molar-refractivity contribution in [3.63, 3.8) is 0 Å². The minimum absolute atomic E-state index is 0.00961. The first-order valence-corrected chi connectivity index (χ1v) is 12.4. The number of anilines is 1. The lowest BCUT2D eigenvalue weighted by Gasteiger charge is -2.20. The second-order valence-corrected chi connectivity index (χ2v) is 10.8. The van der Waals surface area contributed by atoms with Gasteiger partial charge in [-0.25, -0.2) is 13.2 Å². The summed E-state index contributed by atoms with van der Waals surface area (Å²) in [5, 5.41) is 18.9. The van der Waals surface area contributed by atoms with Crippen molar-refractivity contribution >= 4 is 33.3 Å². The third-order valence-corrected chi connectivity index (χ3v) is 8.29. The first-order chi connectivity index (χ1) is 15.3. The highest BCUT2D eigenvalue weighted by atomic mass is 35.5. The van der Waals surface area contributed by atoms with Crippen LogP contribution in [0.15, 0.2) is 35.2 Å². The maximum Gasteiger partial charge on any atom is 0.335 e. The number of ether oxygens (including phenoxy) is 1. The quantitative estimate of drug-likeness (QED) is 0.599. The highest BCUT2D eigenvalue weighted by Gasteiger charge is 2.49. The fraction of sp³-hybridized carbons (Fsp3) is 0.391. The predicted octanol–water partition coefficient (Wildman–Crippen LogP) is 4.77. The Balaban J connectivity index is 1.53. The molecule has 0 spiro atoms. The average molecular weight is 473 g/mol. The summed E-state index contributed by atoms with van der Waals surface area (Å²) in [6.07, 6.45) is 4.80. The molecular formula is C23H21ClN2O5S. The van der Waals surface area contributed by atoms with Crippen LogP contribution in [-0.2, 0) is 10.0 Å². The lowest BCUT2D eigenvalue weighted by Crippen LogP contribution is -2.20. The smallest absolute Gasteiger partial charge is 0.335 e. The number of hydrogen-bond acceptors (Lipinski definition) is 5. The normalized spacial score (nSPS) is 23.8. The Morgan fingerprint density at radius 2 is 1.97 bits per heavy atom. The average Bonchev–Trinajstić information content (AvgIpc) is 3.68. The number of nitriles is 1. The Morgan fingerprint density at radius 3 is 2.56 bits per heavy atom. The molecule has 3 aliphatic carbocycles. The number of aromatic carboxylic acids is 1. The van der Waals surface area contributed by atoms with Gasteiger partial charge in [0.15, 0.2) is 0 Å². The molecule has 7 nitrogen and oxygen atoms in total. The molecule has 3 saturated carbocycles. The number of hydrogen-bond donors (Lipinski definition) is 2. The molecule has 0 bridgehead atoms. The van der Waals surface area contributed by atoms with Crippen LogP contribution in [0.25, 0.3) is 0 Å². The van der Waals surface area contributed by atoms with Crippen LogP contribution in [0.1, 0.15) is 59.5 Å². The molecule has 166 valence electrons. The van der Waals surface area contributed by atoms with Crippen LogP contribution >= 0.6 is 11.6 Å². The lowest BCUT2D eigenvalue weighted by atomic mass is 10.1. The van der Waals surface area contributed by atoms with E-state index >= 15 is 0 Å². The monoisotopic (exact) mass is 472 g/mol. The van der Waals surface area contributed by atoms with E-state index in [9.17, 15) is 23.6 Å². The van der Waals surface area contributed by atoms with Gasteiger partial charge in [-0.1, -0.05) is 17.7 Å². The second-order valence-electron chi connectivity index (χ2n) is 8.77. The molecule has 2 N–H and O–H groups in total. The van der Waals surface area contributed by atoms with E-state index in [0.717, 1.165) is 32.1 Å². The molecule has 2 aromatic rings. The summed E-state index contributed by atoms with van der Waals surface area (Å²) in [5.74, 6) is 0.311. The fourth-order valence-corrected chi connectivity index (χ4v) is 6.19. The summed E-state index contributed by atoms with van der Waals surface area (Å²) in [6, 6.07) is 8.98. The Bertz CT molecular complexity index is 1270. The van der Waals surface area contributed by atoms with E-state index in [1.165, 1.54) is 24.3 Å². The van der Waals surface area contributed by atoms with Gasteiger partial charge in [0.25, 0.3) is 10.0 Å². The first kappa shape index (κ1) is 21.1. The molecule has 0 aromatic heterocycles. The van der Waals surface area contributed by atoms with Gasteiger partial charge in [-0.05, 0) is 73.6 Å². The Labute approximate surface area is 191 Å². The van der Waals surface area contributed by atoms with Crippen molar-refractivity contribution in [2.75, 3.05) is 4.72 Å². The van der Waals surface area contributed by atoms with Gasteiger partial charge in [-0.15, -0.1) is 0 Å². The number of halogens is 1. The van der Waals surface area contributed by atoms with Crippen molar-refractivity contribution in [1.82, 2.24) is 0 Å². The lowest BCUT2D eigenvalue weighted by molar-refractivity contribution is 0.0696. The fourth-order valence-electron chi connectivity index (χ4n) is 4.61. The van der Waals surface area contributed by atoms with E-state index in [4.69, 9.17) is 16.3 Å². The number of sulfonamides is 1. The number of fused-ring (bicyclic) bond motifs is 1. The molecule has 0 radical (unpaired) electrons. The van der Waals surface area contributed by atoms with Crippen molar-refractivity contribution in [2.24, 2.45) is 11.8 Å². The summed E-state index contributed by atoms with van der Waals surface area (Å²) in [6.45, 7) is 0. The summed E-state index contributed by atoms with van der Waals surface area (Å²) in [5.41, 5.74) is 0.730. The number of rotatable bonds is 7. The maximum atomic E-state index is 13.4. The molecule has 0 saturated heterocycles. The molecule has 5 rings (SSSR count). The largest absolute Gasteiger partial charge is 0.488 e. The molecule has 3 atom stereocenters. The number of nitrogens with zero attached hydrogens (tertiary/aromatic N) is 1. The first-order valence-electron chi connectivity index (χ1n) is 10.6. The van der Waals surface area contributed by atoms with Gasteiger partial charge in [0.2, 0.25) is 0 Å². The molecule has 2 aromatic carbocycles. The van der Waals surface area contributed by atoms with Gasteiger partial charge in [0, 0.05) is 6.07 Å². The van der Waals surface area contributed by atoms with Gasteiger partial charge in [0.1, 0.15) is 17.9 Å². The van der Waals surface area contributed by atoms with Gasteiger partial charge < -0.3 is 9.84 Å². The van der Waals surface area contributed by atoms with Crippen LogP contribution in [0.3, 0.4) is 0 Å². The van der Waals surface area contributed by atoms with Crippen LogP contribution in [0.2, 0.25) is 5.02 Å². The van der Waals surface area contributed by atoms with Crippen LogP contribution in [0.4, 0.5) is 5.69 Å². The summed E-state index contributed by atoms with van der Waals surface area (Å²) in [7, 11) is -4.15. The van der Waals surface area contributed by atoms with E-state index in [1.54, 1.807) is 6.07 Å². The molecule has 0 aliphatic heterocycles. The van der Waals surface area contributed by atoms with Crippen LogP contribution in [0.5, 0.6) is 5.75 Å². The van der Waals surface area contributed by atoms with Gasteiger partial charge >= 0.3 is 5.97 Å². The van der Waals surface area contributed by atoms with Crippen molar-refractivity contribution < 1.29 is 23.1 Å². The second kappa shape index (κ2) is 7.68. The zero-order valence-corrected chi connectivity index (χ0v) is 18.6. The number of carboxylic acids is 1. The van der Waals surface area contributed by atoms with E-state index in [2.05, 4.69) is 4.72 Å². The Kier molecular flexibility index (Phi) is 5.06. The molecule has 0 amide bonds. The minimum Gasteiger partial charge on any atom is -0.488 e. The highest BCUT2D eigenvalue weighted by molar-refractivity contribution is 7.92. The number of benzene rings is 2. The molecule has 0 heterocycles. The topological polar surface area (TPSA) is 116 Å². The summed E-state index contributed by atoms with van der Waals surface area (Å²) >= 11 is 6.21. The van der Waals surface area contributed by atoms with E-state index in [0.29, 0.717) is 17.4 Å². The van der Waals surface area contributed by atoms with E-state index < -0.39 is 16.0 Å². The van der Waals surface area contributed by atoms with Crippen LogP contribution in [0, 0.1) is 23.2 Å². The van der Waals surface area contributed by atoms with Gasteiger partial charge in [0.05, 0.1) is 26.7 Å². The Hall–Kier alpha value is -2.76. The third-order valence-electron chi connectivity index (χ3n) is 6.56. The molecule has 9 heteroatoms. The minimum atomic E-state index is -4.15. The molecule has 32 heavy (non-hydrogen) atoms. The van der Waals surface area contributed by atoms with Crippen LogP contribution < -0.4 is 9.46 Å². The van der Waals surface area contributed by atoms with Crippen LogP contribution in [-0.4, -0.2) is 25.6 Å². The van der Waals surface area contributed by atoms with Gasteiger partial charge in [-0.2, -0.15) is 5.26 Å². The summed E-state index contributed by atoms with van der Waals surface area (Å²) < 4.78 is 35.5. The van der Waals surface area contributed by atoms with Crippen molar-refractivity contribution in [3.8, 4) is 11.8 Å². The van der Waals surface area contributed by atoms with Crippen molar-refractivity contribution in [1.29, 1.82) is 5.26 Å². The molecule has 3 fully saturated rings. The molecule has 2 unspecified atom stereocenters. The highest BCUT2D eigenvalue weighted by Crippen LogP contribution is 2.53. The molecule has 3 aliphatic rings. The Morgan fingerprint density at radius 1 is 1.19 bits per heavy atom. The maximum absolute atomic E-state index is 13.4. The number of carboxylic acid groups (broad SMARTS) is 1. The molecular weight excluding hydrogens is 452 g/mol. The van der Waals surface area contributed by atoms with Crippen molar-refractivity contribution in [3.05, 3.63) is 52.0 Å². The third kappa shape index (κ3) is 3.91. The summed E-state index contributed by atoms with van der Waals surface area (Å²) in [4.78, 5) is 11.4. The zero-order chi connectivity index (χ0) is 22.6. The zero-order valence-electron chi connectivity index (χ0n) is 17.0.